The van der Waals surface area contributed by atoms with E-state index in [1.807, 2.05) is 27.7 Å². The summed E-state index contributed by atoms with van der Waals surface area (Å²) in [6.45, 7) is 7.33. The highest BCUT2D eigenvalue weighted by atomic mass is 35.5. The molecule has 1 unspecified atom stereocenters. The molecule has 0 radical (unpaired) electrons. The summed E-state index contributed by atoms with van der Waals surface area (Å²) in [7, 11) is 0. The lowest BCUT2D eigenvalue weighted by molar-refractivity contribution is 0.0149. The first-order valence-corrected chi connectivity index (χ1v) is 7.39. The van der Waals surface area contributed by atoms with E-state index in [0.717, 1.165) is 19.0 Å². The van der Waals surface area contributed by atoms with Crippen molar-refractivity contribution >= 4 is 17.7 Å². The lowest BCUT2D eigenvalue weighted by atomic mass is 10.1. The smallest absolute Gasteiger partial charge is 0.411 e. The molecule has 6 heteroatoms. The number of amides is 1. The maximum absolute atomic E-state index is 13.2. The van der Waals surface area contributed by atoms with Gasteiger partial charge in [0.2, 0.25) is 0 Å². The Hall–Kier alpha value is -1.36. The van der Waals surface area contributed by atoms with Gasteiger partial charge in [-0.2, -0.15) is 0 Å². The maximum Gasteiger partial charge on any atom is 0.411 e. The molecule has 1 fully saturated rings. The Morgan fingerprint density at radius 2 is 2.14 bits per heavy atom. The molecule has 4 nitrogen and oxygen atoms in total. The third-order valence-electron chi connectivity index (χ3n) is 3.22. The Morgan fingerprint density at radius 3 is 2.62 bits per heavy atom. The molecule has 0 spiro atoms. The average Bonchev–Trinajstić information content (AvgIpc) is 3.15. The van der Waals surface area contributed by atoms with Crippen molar-refractivity contribution in [1.29, 1.82) is 0 Å². The Morgan fingerprint density at radius 1 is 1.52 bits per heavy atom. The standard InChI is InChI=1S/C15H20ClFN2O2/c1-9(13-7-11(16)12(17)8-18-13)19(10-5-6-10)14(20)21-15(2,3)4/h7-10H,5-6H2,1-4H3. The summed E-state index contributed by atoms with van der Waals surface area (Å²) in [6.07, 6.45) is 2.59. The summed E-state index contributed by atoms with van der Waals surface area (Å²) in [5.41, 5.74) is -0.00295. The molecule has 0 saturated heterocycles. The van der Waals surface area contributed by atoms with Crippen molar-refractivity contribution in [1.82, 2.24) is 9.88 Å². The molecule has 21 heavy (non-hydrogen) atoms. The second-order valence-electron chi connectivity index (χ2n) is 6.32. The monoisotopic (exact) mass is 314 g/mol. The van der Waals surface area contributed by atoms with E-state index in [1.165, 1.54) is 6.07 Å². The second-order valence-corrected chi connectivity index (χ2v) is 6.73. The van der Waals surface area contributed by atoms with Crippen molar-refractivity contribution in [3.63, 3.8) is 0 Å². The molecule has 1 aliphatic carbocycles. The fraction of sp³-hybridized carbons (Fsp3) is 0.600. The number of hydrogen-bond acceptors (Lipinski definition) is 3. The van der Waals surface area contributed by atoms with Crippen LogP contribution in [0.15, 0.2) is 12.3 Å². The number of aromatic nitrogens is 1. The minimum Gasteiger partial charge on any atom is -0.444 e. The second kappa shape index (κ2) is 5.79. The van der Waals surface area contributed by atoms with Crippen LogP contribution in [-0.2, 0) is 4.74 Å². The molecule has 1 saturated carbocycles. The van der Waals surface area contributed by atoms with Crippen LogP contribution in [0.5, 0.6) is 0 Å². The van der Waals surface area contributed by atoms with Gasteiger partial charge in [0.05, 0.1) is 23.0 Å². The van der Waals surface area contributed by atoms with E-state index in [1.54, 1.807) is 4.90 Å². The van der Waals surface area contributed by atoms with Gasteiger partial charge in [0.1, 0.15) is 5.60 Å². The van der Waals surface area contributed by atoms with Crippen LogP contribution in [0, 0.1) is 5.82 Å². The van der Waals surface area contributed by atoms with Crippen molar-refractivity contribution in [3.8, 4) is 0 Å². The normalized spacial score (nSPS) is 16.5. The molecule has 116 valence electrons. The summed E-state index contributed by atoms with van der Waals surface area (Å²) < 4.78 is 18.7. The van der Waals surface area contributed by atoms with Crippen LogP contribution >= 0.6 is 11.6 Å². The number of hydrogen-bond donors (Lipinski definition) is 0. The van der Waals surface area contributed by atoms with Crippen LogP contribution < -0.4 is 0 Å². The van der Waals surface area contributed by atoms with Crippen molar-refractivity contribution in [3.05, 3.63) is 28.8 Å². The fourth-order valence-electron chi connectivity index (χ4n) is 2.09. The molecule has 0 N–H and O–H groups in total. The van der Waals surface area contributed by atoms with Gasteiger partial charge in [-0.1, -0.05) is 11.6 Å². The third-order valence-corrected chi connectivity index (χ3v) is 3.51. The van der Waals surface area contributed by atoms with Crippen LogP contribution in [0.3, 0.4) is 0 Å². The zero-order valence-electron chi connectivity index (χ0n) is 12.7. The van der Waals surface area contributed by atoms with Gasteiger partial charge >= 0.3 is 6.09 Å². The van der Waals surface area contributed by atoms with Gasteiger partial charge in [-0.15, -0.1) is 0 Å². The molecule has 0 bridgehead atoms. The number of carbonyl (C=O) groups is 1. The van der Waals surface area contributed by atoms with Crippen molar-refractivity contribution in [2.45, 2.75) is 58.2 Å². The molecule has 1 amide bonds. The third kappa shape index (κ3) is 4.06. The number of nitrogens with zero attached hydrogens (tertiary/aromatic N) is 2. The number of ether oxygens (including phenoxy) is 1. The maximum atomic E-state index is 13.2. The Balaban J connectivity index is 2.21. The molecular weight excluding hydrogens is 295 g/mol. The van der Waals surface area contributed by atoms with Crippen LogP contribution in [0.1, 0.15) is 52.3 Å². The van der Waals surface area contributed by atoms with E-state index >= 15 is 0 Å². The van der Waals surface area contributed by atoms with Gasteiger partial charge in [-0.05, 0) is 46.6 Å². The first-order chi connectivity index (χ1) is 9.69. The van der Waals surface area contributed by atoms with Crippen LogP contribution in [0.25, 0.3) is 0 Å². The molecule has 1 atom stereocenters. The molecular formula is C15H20ClFN2O2. The zero-order valence-corrected chi connectivity index (χ0v) is 13.4. The topological polar surface area (TPSA) is 42.4 Å². The quantitative estimate of drug-likeness (QED) is 0.833. The van der Waals surface area contributed by atoms with Crippen molar-refractivity contribution < 1.29 is 13.9 Å². The van der Waals surface area contributed by atoms with E-state index in [0.29, 0.717) is 5.69 Å². The molecule has 1 aliphatic rings. The van der Waals surface area contributed by atoms with E-state index in [2.05, 4.69) is 4.98 Å². The molecule has 1 aromatic rings. The summed E-state index contributed by atoms with van der Waals surface area (Å²) in [5, 5.41) is 0.00628. The van der Waals surface area contributed by atoms with Gasteiger partial charge in [-0.25, -0.2) is 9.18 Å². The van der Waals surface area contributed by atoms with E-state index in [9.17, 15) is 9.18 Å². The first-order valence-electron chi connectivity index (χ1n) is 7.01. The highest BCUT2D eigenvalue weighted by Crippen LogP contribution is 2.35. The van der Waals surface area contributed by atoms with Gasteiger partial charge in [0, 0.05) is 6.04 Å². The molecule has 2 rings (SSSR count). The predicted octanol–water partition coefficient (Wildman–Crippen LogP) is 4.33. The lowest BCUT2D eigenvalue weighted by Gasteiger charge is -2.31. The minimum absolute atomic E-state index is 0.00628. The number of halogens is 2. The molecule has 0 aliphatic heterocycles. The largest absolute Gasteiger partial charge is 0.444 e. The molecule has 1 aromatic heterocycles. The lowest BCUT2D eigenvalue weighted by Crippen LogP contribution is -2.40. The SMILES string of the molecule is CC(c1cc(Cl)c(F)cn1)N(C(=O)OC(C)(C)C)C1CC1. The van der Waals surface area contributed by atoms with Gasteiger partial charge in [0.15, 0.2) is 5.82 Å². The molecule has 1 heterocycles. The number of rotatable bonds is 3. The van der Waals surface area contributed by atoms with E-state index in [-0.39, 0.29) is 23.2 Å². The van der Waals surface area contributed by atoms with E-state index in [4.69, 9.17) is 16.3 Å². The first kappa shape index (κ1) is 16.0. The summed E-state index contributed by atoms with van der Waals surface area (Å²) >= 11 is 5.79. The zero-order chi connectivity index (χ0) is 15.8. The van der Waals surface area contributed by atoms with Gasteiger partial charge in [0.25, 0.3) is 0 Å². The highest BCUT2D eigenvalue weighted by molar-refractivity contribution is 6.30. The summed E-state index contributed by atoms with van der Waals surface area (Å²) in [6, 6.07) is 1.30. The molecule has 0 aromatic carbocycles. The predicted molar refractivity (Wildman–Crippen MR) is 78.7 cm³/mol. The van der Waals surface area contributed by atoms with Crippen LogP contribution in [0.2, 0.25) is 5.02 Å². The summed E-state index contributed by atoms with van der Waals surface area (Å²) in [4.78, 5) is 18.1. The highest BCUT2D eigenvalue weighted by Gasteiger charge is 2.39. The van der Waals surface area contributed by atoms with Crippen LogP contribution in [-0.4, -0.2) is 27.6 Å². The van der Waals surface area contributed by atoms with E-state index < -0.39 is 11.4 Å². The minimum atomic E-state index is -0.567. The Bertz CT molecular complexity index is 541. The average molecular weight is 315 g/mol. The van der Waals surface area contributed by atoms with Crippen molar-refractivity contribution in [2.24, 2.45) is 0 Å². The fourth-order valence-corrected chi connectivity index (χ4v) is 2.25. The number of carbonyl (C=O) groups excluding carboxylic acids is 1. The van der Waals surface area contributed by atoms with Crippen LogP contribution in [0.4, 0.5) is 9.18 Å². The number of pyridine rings is 1. The van der Waals surface area contributed by atoms with Gasteiger partial charge in [-0.3, -0.25) is 9.88 Å². The van der Waals surface area contributed by atoms with Crippen molar-refractivity contribution in [2.75, 3.05) is 0 Å². The Kier molecular flexibility index (Phi) is 4.42. The summed E-state index contributed by atoms with van der Waals surface area (Å²) in [5.74, 6) is -0.567. The van der Waals surface area contributed by atoms with Gasteiger partial charge < -0.3 is 4.74 Å². The Labute approximate surface area is 129 Å².